The van der Waals surface area contributed by atoms with Crippen LogP contribution in [0.5, 0.6) is 11.5 Å². The molecular weight excluding hydrogens is 506 g/mol. The maximum atomic E-state index is 13.7. The van der Waals surface area contributed by atoms with E-state index in [0.29, 0.717) is 17.8 Å². The zero-order chi connectivity index (χ0) is 26.9. The summed E-state index contributed by atoms with van der Waals surface area (Å²) in [5, 5.41) is 18.3. The minimum atomic E-state index is -0.106. The zero-order valence-electron chi connectivity index (χ0n) is 21.5. The molecule has 3 aromatic carbocycles. The number of amidine groups is 1. The molecule has 1 aliphatic carbocycles. The summed E-state index contributed by atoms with van der Waals surface area (Å²) in [6.07, 6.45) is 3.60. The third kappa shape index (κ3) is 5.26. The Morgan fingerprint density at radius 1 is 1.00 bits per heavy atom. The van der Waals surface area contributed by atoms with Gasteiger partial charge in [-0.25, -0.2) is 0 Å². The van der Waals surface area contributed by atoms with E-state index in [-0.39, 0.29) is 23.8 Å². The van der Waals surface area contributed by atoms with Gasteiger partial charge in [0.1, 0.15) is 23.0 Å². The Morgan fingerprint density at radius 3 is 2.59 bits per heavy atom. The van der Waals surface area contributed by atoms with Gasteiger partial charge in [0.05, 0.1) is 0 Å². The van der Waals surface area contributed by atoms with Gasteiger partial charge in [0.2, 0.25) is 0 Å². The lowest BCUT2D eigenvalue weighted by Crippen LogP contribution is -2.41. The summed E-state index contributed by atoms with van der Waals surface area (Å²) in [4.78, 5) is 13.7. The Morgan fingerprint density at radius 2 is 1.82 bits per heavy atom. The van der Waals surface area contributed by atoms with Crippen LogP contribution in [0.15, 0.2) is 77.5 Å². The van der Waals surface area contributed by atoms with Crippen molar-refractivity contribution in [1.29, 1.82) is 5.41 Å². The maximum absolute atomic E-state index is 13.7. The van der Waals surface area contributed by atoms with Crippen LogP contribution < -0.4 is 21.5 Å². The van der Waals surface area contributed by atoms with Crippen molar-refractivity contribution in [2.75, 3.05) is 0 Å². The van der Waals surface area contributed by atoms with Crippen molar-refractivity contribution in [3.8, 4) is 11.5 Å². The number of hydrogen-bond acceptors (Lipinski definition) is 5. The van der Waals surface area contributed by atoms with Crippen LogP contribution in [0.2, 0.25) is 0 Å². The summed E-state index contributed by atoms with van der Waals surface area (Å²) in [6, 6.07) is 22.1. The Hall–Kier alpha value is -4.14. The number of aromatic nitrogens is 1. The van der Waals surface area contributed by atoms with Crippen LogP contribution in [0.3, 0.4) is 0 Å². The molecule has 6 N–H and O–H groups in total. The molecule has 1 aliphatic rings. The molecule has 1 saturated carbocycles. The average Bonchev–Trinajstić information content (AvgIpc) is 3.57. The van der Waals surface area contributed by atoms with E-state index in [1.807, 2.05) is 69.9 Å². The number of rotatable bonds is 7. The SMILES string of the molecule is N=C(N)c1ccc2cc(C(=O)NC3CCC(N)CC3)n(Cc3cc(Oc4ccsc4)cc4ccccc34)c2c1. The van der Waals surface area contributed by atoms with E-state index in [1.165, 1.54) is 0 Å². The van der Waals surface area contributed by atoms with Gasteiger partial charge < -0.3 is 26.1 Å². The van der Waals surface area contributed by atoms with E-state index in [4.69, 9.17) is 21.6 Å². The van der Waals surface area contributed by atoms with Crippen molar-refractivity contribution >= 4 is 44.8 Å². The van der Waals surface area contributed by atoms with Gasteiger partial charge in [-0.05, 0) is 77.7 Å². The van der Waals surface area contributed by atoms with E-state index in [9.17, 15) is 4.79 Å². The lowest BCUT2D eigenvalue weighted by molar-refractivity contribution is 0.0917. The molecule has 0 saturated heterocycles. The fourth-order valence-electron chi connectivity index (χ4n) is 5.47. The summed E-state index contributed by atoms with van der Waals surface area (Å²) in [6.45, 7) is 0.449. The van der Waals surface area contributed by atoms with Crippen LogP contribution in [0.1, 0.15) is 47.3 Å². The van der Waals surface area contributed by atoms with Crippen LogP contribution in [-0.2, 0) is 6.54 Å². The van der Waals surface area contributed by atoms with E-state index in [2.05, 4.69) is 17.4 Å². The second-order valence-electron chi connectivity index (χ2n) is 10.3. The average molecular weight is 538 g/mol. The fourth-order valence-corrected chi connectivity index (χ4v) is 6.02. The smallest absolute Gasteiger partial charge is 0.268 e. The normalized spacial score (nSPS) is 17.4. The zero-order valence-corrected chi connectivity index (χ0v) is 22.3. The molecule has 0 spiro atoms. The quantitative estimate of drug-likeness (QED) is 0.151. The molecule has 1 fully saturated rings. The van der Waals surface area contributed by atoms with Gasteiger partial charge in [0, 0.05) is 40.5 Å². The lowest BCUT2D eigenvalue weighted by atomic mass is 9.92. The third-order valence-corrected chi connectivity index (χ3v) is 8.20. The lowest BCUT2D eigenvalue weighted by Gasteiger charge is -2.27. The molecule has 198 valence electrons. The summed E-state index contributed by atoms with van der Waals surface area (Å²) >= 11 is 1.59. The second-order valence-corrected chi connectivity index (χ2v) is 11.0. The molecule has 0 unspecified atom stereocenters. The van der Waals surface area contributed by atoms with Crippen molar-refractivity contribution in [2.24, 2.45) is 11.5 Å². The minimum Gasteiger partial charge on any atom is -0.456 e. The molecule has 5 aromatic rings. The van der Waals surface area contributed by atoms with E-state index in [0.717, 1.165) is 64.4 Å². The first-order valence-corrected chi connectivity index (χ1v) is 14.1. The molecule has 7 nitrogen and oxygen atoms in total. The summed E-state index contributed by atoms with van der Waals surface area (Å²) in [7, 11) is 0. The highest BCUT2D eigenvalue weighted by atomic mass is 32.1. The standard InChI is InChI=1S/C31H31N5O2S/c32-23-7-9-24(10-8-23)35-31(37)29-15-20-5-6-21(30(33)34)16-28(20)36(29)17-22-14-26(38-25-11-12-39-18-25)13-19-3-1-2-4-27(19)22/h1-6,11-16,18,23-24H,7-10,17,32H2,(H3,33,34)(H,35,37). The van der Waals surface area contributed by atoms with Crippen LogP contribution in [-0.4, -0.2) is 28.4 Å². The molecule has 1 amide bonds. The molecule has 0 atom stereocenters. The first-order chi connectivity index (χ1) is 18.9. The molecule has 39 heavy (non-hydrogen) atoms. The molecule has 2 heterocycles. The second kappa shape index (κ2) is 10.6. The Balaban J connectivity index is 1.43. The predicted molar refractivity (Wildman–Crippen MR) is 158 cm³/mol. The van der Waals surface area contributed by atoms with Gasteiger partial charge >= 0.3 is 0 Å². The van der Waals surface area contributed by atoms with Gasteiger partial charge in [-0.15, -0.1) is 11.3 Å². The number of amides is 1. The van der Waals surface area contributed by atoms with Gasteiger partial charge in [0.15, 0.2) is 0 Å². The molecule has 0 aliphatic heterocycles. The van der Waals surface area contributed by atoms with Gasteiger partial charge in [-0.1, -0.05) is 36.4 Å². The number of hydrogen-bond donors (Lipinski definition) is 4. The first kappa shape index (κ1) is 25.2. The highest BCUT2D eigenvalue weighted by Crippen LogP contribution is 2.32. The van der Waals surface area contributed by atoms with Crippen molar-refractivity contribution in [1.82, 2.24) is 9.88 Å². The van der Waals surface area contributed by atoms with Crippen molar-refractivity contribution in [3.63, 3.8) is 0 Å². The highest BCUT2D eigenvalue weighted by molar-refractivity contribution is 7.08. The van der Waals surface area contributed by atoms with Gasteiger partial charge in [-0.3, -0.25) is 10.2 Å². The summed E-state index contributed by atoms with van der Waals surface area (Å²) < 4.78 is 8.21. The Labute approximate surface area is 230 Å². The van der Waals surface area contributed by atoms with E-state index >= 15 is 0 Å². The number of nitrogens with two attached hydrogens (primary N) is 2. The van der Waals surface area contributed by atoms with Crippen LogP contribution in [0.4, 0.5) is 0 Å². The Bertz CT molecular complexity index is 1670. The largest absolute Gasteiger partial charge is 0.456 e. The number of nitrogens with zero attached hydrogens (tertiary/aromatic N) is 1. The van der Waals surface area contributed by atoms with Crippen LogP contribution in [0, 0.1) is 5.41 Å². The number of fused-ring (bicyclic) bond motifs is 2. The number of benzene rings is 3. The first-order valence-electron chi connectivity index (χ1n) is 13.2. The minimum absolute atomic E-state index is 0.00851. The van der Waals surface area contributed by atoms with E-state index in [1.54, 1.807) is 11.3 Å². The predicted octanol–water partition coefficient (Wildman–Crippen LogP) is 5.98. The van der Waals surface area contributed by atoms with Crippen molar-refractivity contribution in [3.05, 3.63) is 94.3 Å². The molecule has 2 aromatic heterocycles. The highest BCUT2D eigenvalue weighted by Gasteiger charge is 2.23. The summed E-state index contributed by atoms with van der Waals surface area (Å²) in [5.74, 6) is 1.43. The number of nitrogen functional groups attached to an aromatic ring is 1. The number of thiophene rings is 1. The van der Waals surface area contributed by atoms with Crippen LogP contribution in [0.25, 0.3) is 21.7 Å². The molecule has 0 bridgehead atoms. The topological polar surface area (TPSA) is 119 Å². The van der Waals surface area contributed by atoms with Crippen molar-refractivity contribution in [2.45, 2.75) is 44.3 Å². The maximum Gasteiger partial charge on any atom is 0.268 e. The van der Waals surface area contributed by atoms with Crippen LogP contribution >= 0.6 is 11.3 Å². The number of carbonyl (C=O) groups excluding carboxylic acids is 1. The summed E-state index contributed by atoms with van der Waals surface area (Å²) in [5.41, 5.74) is 15.0. The molecular formula is C31H31N5O2S. The molecule has 8 heteroatoms. The van der Waals surface area contributed by atoms with Gasteiger partial charge in [0.25, 0.3) is 5.91 Å². The monoisotopic (exact) mass is 537 g/mol. The fraction of sp³-hybridized carbons (Fsp3) is 0.226. The third-order valence-electron chi connectivity index (χ3n) is 7.54. The number of carbonyl (C=O) groups is 1. The molecule has 6 rings (SSSR count). The number of ether oxygens (including phenoxy) is 1. The molecule has 0 radical (unpaired) electrons. The van der Waals surface area contributed by atoms with Crippen molar-refractivity contribution < 1.29 is 9.53 Å². The van der Waals surface area contributed by atoms with E-state index < -0.39 is 0 Å². The Kier molecular flexibility index (Phi) is 6.81. The van der Waals surface area contributed by atoms with Gasteiger partial charge in [-0.2, -0.15) is 0 Å². The number of nitrogens with one attached hydrogen (secondary N) is 2.